The van der Waals surface area contributed by atoms with E-state index in [2.05, 4.69) is 15.3 Å². The van der Waals surface area contributed by atoms with E-state index < -0.39 is 46.0 Å². The first kappa shape index (κ1) is 20.7. The fourth-order valence-corrected chi connectivity index (χ4v) is 2.71. The Morgan fingerprint density at radius 1 is 1.17 bits per heavy atom. The van der Waals surface area contributed by atoms with Gasteiger partial charge in [-0.1, -0.05) is 0 Å². The number of benzene rings is 1. The normalized spacial score (nSPS) is 15.8. The first-order valence-electron chi connectivity index (χ1n) is 7.52. The van der Waals surface area contributed by atoms with Crippen molar-refractivity contribution < 1.29 is 35.1 Å². The van der Waals surface area contributed by atoms with E-state index in [9.17, 15) is 30.4 Å². The van der Waals surface area contributed by atoms with Gasteiger partial charge >= 0.3 is 12.1 Å². The Morgan fingerprint density at radius 2 is 1.76 bits per heavy atom. The van der Waals surface area contributed by atoms with E-state index >= 15 is 0 Å². The molecule has 0 spiro atoms. The summed E-state index contributed by atoms with van der Waals surface area (Å²) in [4.78, 5) is -0.296. The molecule has 0 saturated carbocycles. The van der Waals surface area contributed by atoms with Gasteiger partial charge in [0.2, 0.25) is 15.9 Å². The molecular weight excluding hydrogens is 425 g/mol. The molecule has 14 heteroatoms. The summed E-state index contributed by atoms with van der Waals surface area (Å²) in [6.45, 7) is -0.942. The molecule has 29 heavy (non-hydrogen) atoms. The second-order valence-electron chi connectivity index (χ2n) is 5.84. The van der Waals surface area contributed by atoms with E-state index in [0.29, 0.717) is 10.7 Å². The predicted octanol–water partition coefficient (Wildman–Crippen LogP) is 2.35. The zero-order valence-corrected chi connectivity index (χ0v) is 14.9. The Hall–Kier alpha value is -3.05. The lowest BCUT2D eigenvalue weighted by Crippen LogP contribution is -2.41. The number of nitrogens with two attached hydrogens (primary N) is 1. The SMILES string of the molecule is C#CC(F)(F)C1(COc2cc(C(F)(F)F)nn2-c2ccc(S(N)(=O)=O)cc2)N=N1. The largest absolute Gasteiger partial charge is 0.472 e. The molecule has 8 nitrogen and oxygen atoms in total. The van der Waals surface area contributed by atoms with Gasteiger partial charge in [-0.05, 0) is 30.2 Å². The third-order valence-corrected chi connectivity index (χ3v) is 4.75. The van der Waals surface area contributed by atoms with Crippen molar-refractivity contribution >= 4 is 10.0 Å². The van der Waals surface area contributed by atoms with Crippen LogP contribution in [-0.2, 0) is 16.2 Å². The zero-order valence-electron chi connectivity index (χ0n) is 14.1. The van der Waals surface area contributed by atoms with Crippen LogP contribution in [0.5, 0.6) is 5.88 Å². The minimum absolute atomic E-state index is 0.0506. The molecule has 0 saturated heterocycles. The molecule has 0 radical (unpaired) electrons. The van der Waals surface area contributed by atoms with E-state index in [1.54, 1.807) is 0 Å². The highest BCUT2D eigenvalue weighted by molar-refractivity contribution is 7.89. The molecule has 1 aliphatic rings. The number of aromatic nitrogens is 2. The van der Waals surface area contributed by atoms with Crippen molar-refractivity contribution in [3.05, 3.63) is 36.0 Å². The van der Waals surface area contributed by atoms with Gasteiger partial charge in [-0.2, -0.15) is 27.1 Å². The molecule has 1 aliphatic heterocycles. The van der Waals surface area contributed by atoms with Crippen molar-refractivity contribution in [3.63, 3.8) is 0 Å². The number of alkyl halides is 5. The lowest BCUT2D eigenvalue weighted by atomic mass is 10.1. The molecule has 0 aliphatic carbocycles. The molecule has 0 unspecified atom stereocenters. The number of halogens is 5. The van der Waals surface area contributed by atoms with Crippen LogP contribution in [0, 0.1) is 12.3 Å². The van der Waals surface area contributed by atoms with Crippen molar-refractivity contribution in [2.75, 3.05) is 6.61 Å². The number of hydrogen-bond donors (Lipinski definition) is 1. The van der Waals surface area contributed by atoms with E-state index in [1.165, 1.54) is 5.92 Å². The summed E-state index contributed by atoms with van der Waals surface area (Å²) < 4.78 is 94.8. The molecule has 2 N–H and O–H groups in total. The molecule has 2 heterocycles. The molecule has 1 aromatic carbocycles. The van der Waals surface area contributed by atoms with Gasteiger partial charge in [0.25, 0.3) is 5.66 Å². The Morgan fingerprint density at radius 3 is 2.21 bits per heavy atom. The lowest BCUT2D eigenvalue weighted by Gasteiger charge is -2.17. The van der Waals surface area contributed by atoms with Crippen molar-refractivity contribution in [2.45, 2.75) is 22.7 Å². The van der Waals surface area contributed by atoms with Crippen LogP contribution in [0.15, 0.2) is 45.5 Å². The third-order valence-electron chi connectivity index (χ3n) is 3.82. The Labute approximate surface area is 160 Å². The number of rotatable bonds is 6. The van der Waals surface area contributed by atoms with Gasteiger partial charge < -0.3 is 4.74 Å². The van der Waals surface area contributed by atoms with Crippen molar-refractivity contribution in [1.82, 2.24) is 9.78 Å². The van der Waals surface area contributed by atoms with Crippen LogP contribution in [-0.4, -0.2) is 36.4 Å². The number of sulfonamides is 1. The Bertz CT molecular complexity index is 1110. The maximum atomic E-state index is 13.7. The van der Waals surface area contributed by atoms with Gasteiger partial charge in [0, 0.05) is 6.07 Å². The molecule has 0 amide bonds. The molecule has 0 fully saturated rings. The Kier molecular flexibility index (Phi) is 4.63. The summed E-state index contributed by atoms with van der Waals surface area (Å²) in [6.07, 6.45) is -0.131. The standard InChI is InChI=1S/C15H10F5N5O3S/c1-2-13(16,17)14(23-24-14)8-28-12-7-11(15(18,19)20)22-25(12)9-3-5-10(6-4-9)29(21,26)27/h1,3-7H,8H2,(H2,21,26,27). The monoisotopic (exact) mass is 435 g/mol. The maximum Gasteiger partial charge on any atom is 0.435 e. The van der Waals surface area contributed by atoms with Gasteiger partial charge in [-0.3, -0.25) is 0 Å². The maximum absolute atomic E-state index is 13.7. The zero-order chi connectivity index (χ0) is 21.7. The predicted molar refractivity (Wildman–Crippen MR) is 86.8 cm³/mol. The van der Waals surface area contributed by atoms with Crippen LogP contribution in [0.4, 0.5) is 22.0 Å². The van der Waals surface area contributed by atoms with Gasteiger partial charge in [0.15, 0.2) is 5.69 Å². The topological polar surface area (TPSA) is 112 Å². The van der Waals surface area contributed by atoms with Crippen molar-refractivity contribution in [1.29, 1.82) is 0 Å². The van der Waals surface area contributed by atoms with E-state index in [1.807, 2.05) is 0 Å². The second kappa shape index (κ2) is 6.49. The number of nitrogens with zero attached hydrogens (tertiary/aromatic N) is 4. The van der Waals surface area contributed by atoms with Gasteiger partial charge in [-0.25, -0.2) is 18.2 Å². The molecular formula is C15H10F5N5O3S. The quantitative estimate of drug-likeness (QED) is 0.555. The van der Waals surface area contributed by atoms with Crippen LogP contribution in [0.3, 0.4) is 0 Å². The highest BCUT2D eigenvalue weighted by Crippen LogP contribution is 2.43. The van der Waals surface area contributed by atoms with Crippen molar-refractivity contribution in [2.24, 2.45) is 15.4 Å². The molecule has 2 aromatic rings. The van der Waals surface area contributed by atoms with Crippen LogP contribution in [0.1, 0.15) is 5.69 Å². The van der Waals surface area contributed by atoms with Gasteiger partial charge in [0.05, 0.1) is 10.6 Å². The summed E-state index contributed by atoms with van der Waals surface area (Å²) in [5.41, 5.74) is -3.82. The molecule has 0 bridgehead atoms. The van der Waals surface area contributed by atoms with E-state index in [0.717, 1.165) is 24.3 Å². The van der Waals surface area contributed by atoms with Gasteiger partial charge in [-0.15, -0.1) is 16.7 Å². The minimum Gasteiger partial charge on any atom is -0.472 e. The smallest absolute Gasteiger partial charge is 0.435 e. The van der Waals surface area contributed by atoms with Crippen LogP contribution >= 0.6 is 0 Å². The molecule has 3 rings (SSSR count). The molecule has 1 aromatic heterocycles. The Balaban J connectivity index is 1.95. The fraction of sp³-hybridized carbons (Fsp3) is 0.267. The van der Waals surface area contributed by atoms with E-state index in [4.69, 9.17) is 16.3 Å². The fourth-order valence-electron chi connectivity index (χ4n) is 2.19. The first-order valence-corrected chi connectivity index (χ1v) is 9.07. The number of hydrogen-bond acceptors (Lipinski definition) is 6. The average molecular weight is 435 g/mol. The molecule has 154 valence electrons. The summed E-state index contributed by atoms with van der Waals surface area (Å²) in [5.74, 6) is -3.16. The van der Waals surface area contributed by atoms with Crippen LogP contribution < -0.4 is 9.88 Å². The number of primary sulfonamides is 1. The third kappa shape index (κ3) is 3.91. The first-order chi connectivity index (χ1) is 13.3. The number of ether oxygens (including phenoxy) is 1. The second-order valence-corrected chi connectivity index (χ2v) is 7.40. The highest BCUT2D eigenvalue weighted by atomic mass is 32.2. The van der Waals surface area contributed by atoms with Crippen LogP contribution in [0.2, 0.25) is 0 Å². The van der Waals surface area contributed by atoms with Crippen LogP contribution in [0.25, 0.3) is 5.69 Å². The minimum atomic E-state index is -4.86. The summed E-state index contributed by atoms with van der Waals surface area (Å²) in [6, 6.07) is 4.76. The highest BCUT2D eigenvalue weighted by Gasteiger charge is 2.63. The number of terminal acetylenes is 1. The average Bonchev–Trinajstić information content (AvgIpc) is 3.31. The summed E-state index contributed by atoms with van der Waals surface area (Å²) >= 11 is 0. The molecule has 0 atom stereocenters. The van der Waals surface area contributed by atoms with Crippen molar-refractivity contribution in [3.8, 4) is 23.9 Å². The van der Waals surface area contributed by atoms with E-state index in [-0.39, 0.29) is 10.6 Å². The van der Waals surface area contributed by atoms with Gasteiger partial charge in [0.1, 0.15) is 6.61 Å². The summed E-state index contributed by atoms with van der Waals surface area (Å²) in [5, 5.41) is 14.6. The lowest BCUT2D eigenvalue weighted by molar-refractivity contribution is -0.141. The summed E-state index contributed by atoms with van der Waals surface area (Å²) in [7, 11) is -4.04.